The Morgan fingerprint density at radius 3 is 2.66 bits per heavy atom. The fraction of sp³-hybridized carbons (Fsp3) is 0.474. The smallest absolute Gasteiger partial charge is 0.437 e. The zero-order valence-electron chi connectivity index (χ0n) is 15.6. The number of rotatable bonds is 4. The van der Waals surface area contributed by atoms with E-state index in [2.05, 4.69) is 31.2 Å². The standard InChI is InChI=1S/C19H19BrF3N3O3/c1-27-17-14(18-28-8-3-9-29-18)25-15(19(21,22)23)16(26-17)24-13-7-6-10-11(13)4-2-5-12(10)20/h2,4-5,13,18H,3,6-9H2,1H3,(H,24,26)/t13-/m0/s1. The Bertz CT molecular complexity index is 904. The van der Waals surface area contributed by atoms with E-state index in [0.717, 1.165) is 22.0 Å². The SMILES string of the molecule is COc1nc(N[C@H]2CCc3c(Br)cccc32)c(C(F)(F)F)nc1C1OCCCO1. The third-order valence-corrected chi connectivity index (χ3v) is 5.67. The maximum absolute atomic E-state index is 13.8. The summed E-state index contributed by atoms with van der Waals surface area (Å²) in [7, 11) is 1.33. The fourth-order valence-corrected chi connectivity index (χ4v) is 4.19. The molecule has 0 radical (unpaired) electrons. The third kappa shape index (κ3) is 4.06. The summed E-state index contributed by atoms with van der Waals surface area (Å²) in [6, 6.07) is 5.38. The number of anilines is 1. The summed E-state index contributed by atoms with van der Waals surface area (Å²) in [5, 5.41) is 2.93. The fourth-order valence-electron chi connectivity index (χ4n) is 3.61. The van der Waals surface area contributed by atoms with Crippen LogP contribution in [-0.2, 0) is 22.1 Å². The molecule has 1 aliphatic heterocycles. The molecule has 29 heavy (non-hydrogen) atoms. The molecule has 2 aromatic rings. The van der Waals surface area contributed by atoms with Gasteiger partial charge in [-0.2, -0.15) is 18.2 Å². The number of halogens is 4. The minimum Gasteiger partial charge on any atom is -0.480 e. The first-order chi connectivity index (χ1) is 13.9. The van der Waals surface area contributed by atoms with E-state index in [9.17, 15) is 13.2 Å². The molecular weight excluding hydrogens is 455 g/mol. The minimum atomic E-state index is -4.70. The van der Waals surface area contributed by atoms with Gasteiger partial charge in [0, 0.05) is 4.47 Å². The average molecular weight is 474 g/mol. The van der Waals surface area contributed by atoms with E-state index in [1.807, 2.05) is 18.2 Å². The second-order valence-corrected chi connectivity index (χ2v) is 7.64. The van der Waals surface area contributed by atoms with Gasteiger partial charge in [0.15, 0.2) is 17.2 Å². The van der Waals surface area contributed by atoms with Gasteiger partial charge in [-0.25, -0.2) is 4.98 Å². The molecule has 1 saturated heterocycles. The van der Waals surface area contributed by atoms with Crippen molar-refractivity contribution in [1.29, 1.82) is 0 Å². The van der Waals surface area contributed by atoms with Gasteiger partial charge in [-0.3, -0.25) is 0 Å². The van der Waals surface area contributed by atoms with E-state index in [0.29, 0.717) is 26.1 Å². The van der Waals surface area contributed by atoms with Crippen LogP contribution in [0.4, 0.5) is 19.0 Å². The molecule has 0 bridgehead atoms. The van der Waals surface area contributed by atoms with Gasteiger partial charge in [-0.1, -0.05) is 28.1 Å². The van der Waals surface area contributed by atoms with Crippen molar-refractivity contribution in [2.75, 3.05) is 25.6 Å². The summed E-state index contributed by atoms with van der Waals surface area (Å²) in [6.07, 6.45) is -3.68. The van der Waals surface area contributed by atoms with Crippen molar-refractivity contribution in [3.63, 3.8) is 0 Å². The lowest BCUT2D eigenvalue weighted by Gasteiger charge is -2.25. The Morgan fingerprint density at radius 2 is 1.97 bits per heavy atom. The second-order valence-electron chi connectivity index (χ2n) is 6.78. The highest BCUT2D eigenvalue weighted by Crippen LogP contribution is 2.41. The molecule has 1 N–H and O–H groups in total. The molecule has 1 aromatic heterocycles. The number of alkyl halides is 3. The van der Waals surface area contributed by atoms with Crippen LogP contribution in [-0.4, -0.2) is 30.3 Å². The minimum absolute atomic E-state index is 0.0557. The van der Waals surface area contributed by atoms with Gasteiger partial charge in [0.2, 0.25) is 12.2 Å². The first kappa shape index (κ1) is 20.4. The molecule has 4 rings (SSSR count). The van der Waals surface area contributed by atoms with Crippen LogP contribution in [0.5, 0.6) is 5.88 Å². The predicted octanol–water partition coefficient (Wildman–Crippen LogP) is 4.80. The van der Waals surface area contributed by atoms with Crippen LogP contribution in [0.3, 0.4) is 0 Å². The van der Waals surface area contributed by atoms with E-state index in [1.165, 1.54) is 7.11 Å². The Hall–Kier alpha value is -1.91. The number of nitrogens with zero attached hydrogens (tertiary/aromatic N) is 2. The predicted molar refractivity (Wildman–Crippen MR) is 102 cm³/mol. The molecule has 1 aliphatic carbocycles. The highest BCUT2D eigenvalue weighted by atomic mass is 79.9. The van der Waals surface area contributed by atoms with Crippen LogP contribution < -0.4 is 10.1 Å². The Balaban J connectivity index is 1.72. The monoisotopic (exact) mass is 473 g/mol. The molecule has 0 spiro atoms. The molecule has 0 saturated carbocycles. The zero-order valence-corrected chi connectivity index (χ0v) is 17.1. The van der Waals surface area contributed by atoms with Crippen molar-refractivity contribution in [1.82, 2.24) is 9.97 Å². The molecule has 1 fully saturated rings. The first-order valence-electron chi connectivity index (χ1n) is 9.18. The molecule has 1 atom stereocenters. The second kappa shape index (κ2) is 8.08. The molecule has 0 amide bonds. The summed E-state index contributed by atoms with van der Waals surface area (Å²) in [5.74, 6) is -0.424. The highest BCUT2D eigenvalue weighted by molar-refractivity contribution is 9.10. The number of nitrogens with one attached hydrogen (secondary N) is 1. The summed E-state index contributed by atoms with van der Waals surface area (Å²) >= 11 is 3.50. The van der Waals surface area contributed by atoms with Gasteiger partial charge in [0.05, 0.1) is 26.4 Å². The van der Waals surface area contributed by atoms with E-state index >= 15 is 0 Å². The van der Waals surface area contributed by atoms with Crippen molar-refractivity contribution >= 4 is 21.7 Å². The number of benzene rings is 1. The number of ether oxygens (including phenoxy) is 3. The summed E-state index contributed by atoms with van der Waals surface area (Å²) < 4.78 is 58.4. The Morgan fingerprint density at radius 1 is 1.21 bits per heavy atom. The summed E-state index contributed by atoms with van der Waals surface area (Å²) in [4.78, 5) is 7.92. The number of hydrogen-bond donors (Lipinski definition) is 1. The van der Waals surface area contributed by atoms with E-state index in [-0.39, 0.29) is 23.4 Å². The lowest BCUT2D eigenvalue weighted by molar-refractivity contribution is -0.187. The number of aromatic nitrogens is 2. The maximum atomic E-state index is 13.8. The molecule has 10 heteroatoms. The van der Waals surface area contributed by atoms with Crippen LogP contribution in [0.2, 0.25) is 0 Å². The Labute approximate surface area is 173 Å². The Kier molecular flexibility index (Phi) is 5.67. The average Bonchev–Trinajstić information content (AvgIpc) is 3.11. The number of fused-ring (bicyclic) bond motifs is 1. The quantitative estimate of drug-likeness (QED) is 0.687. The van der Waals surface area contributed by atoms with Crippen molar-refractivity contribution in [2.24, 2.45) is 0 Å². The van der Waals surface area contributed by atoms with Gasteiger partial charge < -0.3 is 19.5 Å². The summed E-state index contributed by atoms with van der Waals surface area (Å²) in [6.45, 7) is 0.731. The van der Waals surface area contributed by atoms with Gasteiger partial charge >= 0.3 is 6.18 Å². The summed E-state index contributed by atoms with van der Waals surface area (Å²) in [5.41, 5.74) is 0.796. The highest BCUT2D eigenvalue weighted by Gasteiger charge is 2.40. The van der Waals surface area contributed by atoms with Gasteiger partial charge in [-0.05, 0) is 36.5 Å². The topological polar surface area (TPSA) is 65.5 Å². The lowest BCUT2D eigenvalue weighted by Crippen LogP contribution is -2.23. The van der Waals surface area contributed by atoms with E-state index in [4.69, 9.17) is 14.2 Å². The van der Waals surface area contributed by atoms with E-state index < -0.39 is 18.2 Å². The molecule has 2 aliphatic rings. The van der Waals surface area contributed by atoms with Crippen LogP contribution in [0.25, 0.3) is 0 Å². The van der Waals surface area contributed by atoms with Crippen molar-refractivity contribution in [2.45, 2.75) is 37.8 Å². The molecule has 0 unspecified atom stereocenters. The zero-order chi connectivity index (χ0) is 20.6. The van der Waals surface area contributed by atoms with Crippen LogP contribution in [0.1, 0.15) is 47.7 Å². The van der Waals surface area contributed by atoms with Crippen LogP contribution in [0.15, 0.2) is 22.7 Å². The van der Waals surface area contributed by atoms with Crippen molar-refractivity contribution < 1.29 is 27.4 Å². The van der Waals surface area contributed by atoms with Crippen LogP contribution in [0, 0.1) is 0 Å². The van der Waals surface area contributed by atoms with Gasteiger partial charge in [-0.15, -0.1) is 0 Å². The molecule has 1 aromatic carbocycles. The lowest BCUT2D eigenvalue weighted by atomic mass is 10.1. The number of methoxy groups -OCH3 is 1. The first-order valence-corrected chi connectivity index (χ1v) is 9.98. The molecule has 6 nitrogen and oxygen atoms in total. The van der Waals surface area contributed by atoms with Crippen molar-refractivity contribution in [3.05, 3.63) is 45.2 Å². The number of hydrogen-bond acceptors (Lipinski definition) is 6. The van der Waals surface area contributed by atoms with Gasteiger partial charge in [0.1, 0.15) is 0 Å². The molecular formula is C19H19BrF3N3O3. The largest absolute Gasteiger partial charge is 0.480 e. The molecule has 156 valence electrons. The third-order valence-electron chi connectivity index (χ3n) is 4.93. The van der Waals surface area contributed by atoms with E-state index in [1.54, 1.807) is 0 Å². The van der Waals surface area contributed by atoms with Crippen molar-refractivity contribution in [3.8, 4) is 5.88 Å². The normalized spacial score (nSPS) is 19.8. The maximum Gasteiger partial charge on any atom is 0.437 e. The van der Waals surface area contributed by atoms with Crippen LogP contribution >= 0.6 is 15.9 Å². The van der Waals surface area contributed by atoms with Gasteiger partial charge in [0.25, 0.3) is 0 Å². The molecule has 2 heterocycles.